The molecule has 0 unspecified atom stereocenters. The van der Waals surface area contributed by atoms with Crippen molar-refractivity contribution in [1.82, 2.24) is 0 Å². The van der Waals surface area contributed by atoms with E-state index < -0.39 is 0 Å². The molecule has 0 aromatic carbocycles. The first kappa shape index (κ1) is 17.0. The van der Waals surface area contributed by atoms with Crippen LogP contribution in [0.2, 0.25) is 0 Å². The molecule has 0 spiro atoms. The maximum atomic E-state index is 8.79. The third-order valence-corrected chi connectivity index (χ3v) is 4.98. The third-order valence-electron chi connectivity index (χ3n) is 4.98. The average Bonchev–Trinajstić information content (AvgIpc) is 3.09. The van der Waals surface area contributed by atoms with E-state index in [4.69, 9.17) is 14.6 Å². The van der Waals surface area contributed by atoms with E-state index in [1.54, 1.807) is 0 Å². The van der Waals surface area contributed by atoms with Crippen LogP contribution in [0.15, 0.2) is 12.2 Å². The fourth-order valence-electron chi connectivity index (χ4n) is 3.83. The van der Waals surface area contributed by atoms with E-state index in [-0.39, 0.29) is 6.61 Å². The average molecular weight is 296 g/mol. The first-order valence-electron chi connectivity index (χ1n) is 8.85. The molecule has 0 amide bonds. The van der Waals surface area contributed by atoms with Crippen LogP contribution in [-0.2, 0) is 9.47 Å². The Morgan fingerprint density at radius 3 is 2.67 bits per heavy atom. The molecular formula is C18H32O3. The smallest absolute Gasteiger partial charge is 0.0633 e. The molecule has 0 radical (unpaired) electrons. The fourth-order valence-corrected chi connectivity index (χ4v) is 3.83. The highest BCUT2D eigenvalue weighted by Crippen LogP contribution is 2.45. The minimum atomic E-state index is 0.150. The Bertz CT molecular complexity index is 303. The molecule has 2 heterocycles. The number of fused-ring (bicyclic) bond motifs is 2. The predicted octanol–water partition coefficient (Wildman–Crippen LogP) is 3.71. The predicted molar refractivity (Wildman–Crippen MR) is 85.3 cm³/mol. The maximum Gasteiger partial charge on any atom is 0.0633 e. The number of unbranched alkanes of at least 4 members (excludes halogenated alkanes) is 3. The molecule has 3 nitrogen and oxygen atoms in total. The minimum absolute atomic E-state index is 0.150. The lowest BCUT2D eigenvalue weighted by atomic mass is 9.77. The molecule has 0 aromatic heterocycles. The number of hydrogen-bond acceptors (Lipinski definition) is 3. The van der Waals surface area contributed by atoms with Crippen molar-refractivity contribution in [2.24, 2.45) is 11.8 Å². The summed E-state index contributed by atoms with van der Waals surface area (Å²) < 4.78 is 12.0. The van der Waals surface area contributed by atoms with Gasteiger partial charge in [-0.15, -0.1) is 0 Å². The Hall–Kier alpha value is -0.380. The second-order valence-electron chi connectivity index (χ2n) is 6.48. The van der Waals surface area contributed by atoms with Gasteiger partial charge in [-0.25, -0.2) is 0 Å². The van der Waals surface area contributed by atoms with E-state index in [9.17, 15) is 0 Å². The summed E-state index contributed by atoms with van der Waals surface area (Å²) in [5, 5.41) is 8.79. The van der Waals surface area contributed by atoms with Gasteiger partial charge in [-0.05, 0) is 38.0 Å². The Morgan fingerprint density at radius 2 is 1.90 bits per heavy atom. The van der Waals surface area contributed by atoms with Gasteiger partial charge in [0.25, 0.3) is 0 Å². The van der Waals surface area contributed by atoms with E-state index in [0.29, 0.717) is 24.0 Å². The van der Waals surface area contributed by atoms with Gasteiger partial charge in [-0.3, -0.25) is 0 Å². The zero-order valence-electron chi connectivity index (χ0n) is 13.5. The third kappa shape index (κ3) is 5.08. The number of rotatable bonds is 11. The fraction of sp³-hybridized carbons (Fsp3) is 0.889. The van der Waals surface area contributed by atoms with E-state index in [1.807, 2.05) is 6.08 Å². The molecule has 0 aromatic rings. The van der Waals surface area contributed by atoms with Crippen molar-refractivity contribution in [3.63, 3.8) is 0 Å². The zero-order valence-corrected chi connectivity index (χ0v) is 13.5. The monoisotopic (exact) mass is 296 g/mol. The lowest BCUT2D eigenvalue weighted by molar-refractivity contribution is 0.0474. The standard InChI is InChI=1S/C18H32O3/c1-2-3-4-8-13-20-14-16-15(9-6-5-7-12-19)17-10-11-18(16)21-17/h5,7,15-19H,2-4,6,8-14H2,1H3/b7-5-/t15-,16+,17-,18+/m1/s1. The molecule has 2 bridgehead atoms. The summed E-state index contributed by atoms with van der Waals surface area (Å²) in [7, 11) is 0. The van der Waals surface area contributed by atoms with Crippen LogP contribution in [0.1, 0.15) is 58.3 Å². The zero-order chi connectivity index (χ0) is 14.9. The Morgan fingerprint density at radius 1 is 1.10 bits per heavy atom. The van der Waals surface area contributed by atoms with Crippen LogP contribution < -0.4 is 0 Å². The number of aliphatic hydroxyl groups is 1. The molecule has 21 heavy (non-hydrogen) atoms. The van der Waals surface area contributed by atoms with Crippen LogP contribution in [0.25, 0.3) is 0 Å². The lowest BCUT2D eigenvalue weighted by Gasteiger charge is -2.27. The highest BCUT2D eigenvalue weighted by Gasteiger charge is 2.48. The molecule has 2 rings (SSSR count). The van der Waals surface area contributed by atoms with Gasteiger partial charge in [0.15, 0.2) is 0 Å². The van der Waals surface area contributed by atoms with Gasteiger partial charge in [-0.2, -0.15) is 0 Å². The highest BCUT2D eigenvalue weighted by atomic mass is 16.5. The number of hydrogen-bond donors (Lipinski definition) is 1. The summed E-state index contributed by atoms with van der Waals surface area (Å²) in [6.45, 7) is 4.17. The first-order valence-corrected chi connectivity index (χ1v) is 8.85. The van der Waals surface area contributed by atoms with Gasteiger partial charge in [0.05, 0.1) is 25.4 Å². The van der Waals surface area contributed by atoms with Gasteiger partial charge in [0.1, 0.15) is 0 Å². The molecule has 2 aliphatic heterocycles. The van der Waals surface area contributed by atoms with Crippen molar-refractivity contribution < 1.29 is 14.6 Å². The first-order chi connectivity index (χ1) is 10.4. The molecule has 3 heteroatoms. The molecule has 4 atom stereocenters. The van der Waals surface area contributed by atoms with Crippen LogP contribution in [0.4, 0.5) is 0 Å². The van der Waals surface area contributed by atoms with E-state index in [2.05, 4.69) is 13.0 Å². The van der Waals surface area contributed by atoms with Crippen molar-refractivity contribution in [2.75, 3.05) is 19.8 Å². The Labute approximate surface area is 129 Å². The number of ether oxygens (including phenoxy) is 2. The van der Waals surface area contributed by atoms with E-state index >= 15 is 0 Å². The maximum absolute atomic E-state index is 8.79. The van der Waals surface area contributed by atoms with Crippen LogP contribution in [-0.4, -0.2) is 37.1 Å². The summed E-state index contributed by atoms with van der Waals surface area (Å²) >= 11 is 0. The largest absolute Gasteiger partial charge is 0.392 e. The van der Waals surface area contributed by atoms with Crippen molar-refractivity contribution in [3.8, 4) is 0 Å². The van der Waals surface area contributed by atoms with Gasteiger partial charge < -0.3 is 14.6 Å². The summed E-state index contributed by atoms with van der Waals surface area (Å²) in [6, 6.07) is 0. The van der Waals surface area contributed by atoms with Crippen molar-refractivity contribution in [1.29, 1.82) is 0 Å². The summed E-state index contributed by atoms with van der Waals surface area (Å²) in [4.78, 5) is 0. The summed E-state index contributed by atoms with van der Waals surface area (Å²) in [5.74, 6) is 1.25. The lowest BCUT2D eigenvalue weighted by Crippen LogP contribution is -2.31. The Balaban J connectivity index is 1.67. The second-order valence-corrected chi connectivity index (χ2v) is 6.48. The summed E-state index contributed by atoms with van der Waals surface area (Å²) in [5.41, 5.74) is 0. The van der Waals surface area contributed by atoms with Crippen LogP contribution in [0.3, 0.4) is 0 Å². The second kappa shape index (κ2) is 9.60. The summed E-state index contributed by atoms with van der Waals surface area (Å²) in [6.07, 6.45) is 14.6. The van der Waals surface area contributed by atoms with Crippen LogP contribution in [0.5, 0.6) is 0 Å². The Kier molecular flexibility index (Phi) is 7.76. The number of allylic oxidation sites excluding steroid dienone is 1. The van der Waals surface area contributed by atoms with Gasteiger partial charge in [-0.1, -0.05) is 38.3 Å². The van der Waals surface area contributed by atoms with Crippen molar-refractivity contribution in [2.45, 2.75) is 70.5 Å². The van der Waals surface area contributed by atoms with Crippen LogP contribution in [0, 0.1) is 11.8 Å². The van der Waals surface area contributed by atoms with Crippen molar-refractivity contribution in [3.05, 3.63) is 12.2 Å². The minimum Gasteiger partial charge on any atom is -0.392 e. The van der Waals surface area contributed by atoms with Gasteiger partial charge in [0.2, 0.25) is 0 Å². The topological polar surface area (TPSA) is 38.7 Å². The van der Waals surface area contributed by atoms with Crippen LogP contribution >= 0.6 is 0 Å². The normalized spacial score (nSPS) is 31.5. The molecule has 0 aliphatic carbocycles. The molecule has 2 fully saturated rings. The molecule has 0 saturated carbocycles. The van der Waals surface area contributed by atoms with E-state index in [0.717, 1.165) is 19.6 Å². The number of aliphatic hydroxyl groups excluding tert-OH is 1. The molecule has 2 saturated heterocycles. The molecule has 2 aliphatic rings. The van der Waals surface area contributed by atoms with Crippen molar-refractivity contribution >= 4 is 0 Å². The molecule has 122 valence electrons. The quantitative estimate of drug-likeness (QED) is 0.466. The van der Waals surface area contributed by atoms with Gasteiger partial charge in [0, 0.05) is 12.5 Å². The molecular weight excluding hydrogens is 264 g/mol. The highest BCUT2D eigenvalue weighted by molar-refractivity contribution is 4.97. The molecule has 1 N–H and O–H groups in total. The van der Waals surface area contributed by atoms with E-state index in [1.165, 1.54) is 44.9 Å². The SMILES string of the molecule is CCCCCCOC[C@H]1[C@@H](CC/C=C\CO)[C@H]2CC[C@@H]1O2. The van der Waals surface area contributed by atoms with Gasteiger partial charge >= 0.3 is 0 Å².